The number of ether oxygens (including phenoxy) is 1. The molecule has 4 nitrogen and oxygen atoms in total. The van der Waals surface area contributed by atoms with Crippen LogP contribution in [0, 0.1) is 28.6 Å². The molecular weight excluding hydrogens is 395 g/mol. The number of hydrogen-bond acceptors (Lipinski definition) is 4. The van der Waals surface area contributed by atoms with Crippen molar-refractivity contribution in [1.29, 1.82) is 0 Å². The predicted octanol–water partition coefficient (Wildman–Crippen LogP) is 2.67. The molecule has 1 saturated heterocycles. The van der Waals surface area contributed by atoms with Crippen LogP contribution in [0.25, 0.3) is 0 Å². The van der Waals surface area contributed by atoms with E-state index in [1.54, 1.807) is 0 Å². The van der Waals surface area contributed by atoms with E-state index in [9.17, 15) is 13.4 Å². The second-order valence-electron chi connectivity index (χ2n) is 8.06. The van der Waals surface area contributed by atoms with Gasteiger partial charge >= 0.3 is 158 Å². The molecule has 138 valence electrons. The Kier molecular flexibility index (Phi) is 4.28. The average Bonchev–Trinajstić information content (AvgIpc) is 3.08. The number of ketones is 1. The van der Waals surface area contributed by atoms with E-state index in [1.807, 2.05) is 37.3 Å². The van der Waals surface area contributed by atoms with E-state index in [1.165, 1.54) is 0 Å². The molecule has 26 heavy (non-hydrogen) atoms. The van der Waals surface area contributed by atoms with Gasteiger partial charge in [-0.1, -0.05) is 0 Å². The molecule has 0 amide bonds. The van der Waals surface area contributed by atoms with Crippen molar-refractivity contribution in [2.24, 2.45) is 28.6 Å². The van der Waals surface area contributed by atoms with Gasteiger partial charge in [-0.2, -0.15) is 0 Å². The van der Waals surface area contributed by atoms with Crippen molar-refractivity contribution in [3.63, 3.8) is 0 Å². The molecule has 1 aliphatic heterocycles. The van der Waals surface area contributed by atoms with Gasteiger partial charge in [0.2, 0.25) is 0 Å². The molecule has 0 N–H and O–H groups in total. The van der Waals surface area contributed by atoms with Crippen molar-refractivity contribution in [3.05, 3.63) is 42.5 Å². The van der Waals surface area contributed by atoms with Crippen LogP contribution >= 0.6 is 0 Å². The van der Waals surface area contributed by atoms with Crippen LogP contribution in [0.15, 0.2) is 42.5 Å². The van der Waals surface area contributed by atoms with Crippen LogP contribution in [-0.4, -0.2) is 32.2 Å². The van der Waals surface area contributed by atoms with E-state index in [4.69, 9.17) is 4.74 Å². The van der Waals surface area contributed by atoms with Gasteiger partial charge in [-0.3, -0.25) is 0 Å². The second-order valence-corrected chi connectivity index (χ2v) is 11.2. The fourth-order valence-corrected chi connectivity index (χ4v) is 8.03. The van der Waals surface area contributed by atoms with Crippen LogP contribution in [0.4, 0.5) is 0 Å². The number of cyclic esters (lactones) is 1. The van der Waals surface area contributed by atoms with Gasteiger partial charge in [-0.15, -0.1) is 0 Å². The van der Waals surface area contributed by atoms with E-state index in [2.05, 4.69) is 19.1 Å². The van der Waals surface area contributed by atoms with Crippen molar-refractivity contribution in [2.75, 3.05) is 6.61 Å². The van der Waals surface area contributed by atoms with Crippen LogP contribution in [0.5, 0.6) is 0 Å². The maximum absolute atomic E-state index is 13.6. The molecule has 4 rings (SSSR count). The number of allylic oxidation sites excluding steroid dienone is 2. The van der Waals surface area contributed by atoms with Crippen molar-refractivity contribution < 1.29 is 18.2 Å². The molecule has 2 fully saturated rings. The van der Waals surface area contributed by atoms with Gasteiger partial charge in [0.1, 0.15) is 0 Å². The van der Waals surface area contributed by atoms with E-state index < -0.39 is 24.7 Å². The summed E-state index contributed by atoms with van der Waals surface area (Å²) in [5.74, 6) is -0.381. The van der Waals surface area contributed by atoms with Crippen molar-refractivity contribution >= 4 is 30.0 Å². The molecule has 2 unspecified atom stereocenters. The van der Waals surface area contributed by atoms with E-state index in [0.29, 0.717) is 11.7 Å². The Labute approximate surface area is 158 Å². The summed E-state index contributed by atoms with van der Waals surface area (Å²) in [7, 11) is 0. The molecule has 2 aliphatic carbocycles. The molecule has 5 heteroatoms. The van der Waals surface area contributed by atoms with E-state index >= 15 is 0 Å². The van der Waals surface area contributed by atoms with Gasteiger partial charge in [-0.05, 0) is 0 Å². The zero-order valence-corrected chi connectivity index (χ0v) is 16.9. The molecule has 0 radical (unpaired) electrons. The summed E-state index contributed by atoms with van der Waals surface area (Å²) in [4.78, 5) is 26.4. The van der Waals surface area contributed by atoms with Crippen LogP contribution in [0.1, 0.15) is 26.7 Å². The molecule has 1 aromatic rings. The zero-order valence-electron chi connectivity index (χ0n) is 15.1. The minimum atomic E-state index is -2.33. The Morgan fingerprint density at radius 2 is 1.96 bits per heavy atom. The first-order chi connectivity index (χ1) is 12.4. The summed E-state index contributed by atoms with van der Waals surface area (Å²) in [6, 6.07) is 9.38. The maximum atomic E-state index is 13.6. The Hall–Kier alpha value is -1.58. The van der Waals surface area contributed by atoms with Gasteiger partial charge in [0.15, 0.2) is 0 Å². The molecule has 0 aromatic heterocycles. The molecule has 1 saturated carbocycles. The number of hydrogen-bond donors (Lipinski definition) is 0. The number of benzene rings is 1. The number of fused-ring (bicyclic) bond motifs is 1. The Balaban J connectivity index is 1.67. The Bertz CT molecular complexity index is 801. The number of esters is 1. The van der Waals surface area contributed by atoms with Crippen molar-refractivity contribution in [2.45, 2.75) is 32.0 Å². The number of carbonyl (C=O) groups excluding carboxylic acids is 2. The van der Waals surface area contributed by atoms with Gasteiger partial charge in [0.25, 0.3) is 0 Å². The third-order valence-electron chi connectivity index (χ3n) is 6.94. The Morgan fingerprint density at radius 3 is 2.65 bits per heavy atom. The first kappa shape index (κ1) is 17.8. The quantitative estimate of drug-likeness (QED) is 0.327. The van der Waals surface area contributed by atoms with Crippen LogP contribution < -0.4 is 4.46 Å². The van der Waals surface area contributed by atoms with Crippen molar-refractivity contribution in [1.82, 2.24) is 0 Å². The predicted molar refractivity (Wildman–Crippen MR) is 98.3 cm³/mol. The van der Waals surface area contributed by atoms with Crippen LogP contribution in [0.2, 0.25) is 5.32 Å². The molecule has 6 atom stereocenters. The molecule has 1 aromatic carbocycles. The average molecular weight is 419 g/mol. The second kappa shape index (κ2) is 6.24. The van der Waals surface area contributed by atoms with E-state index in [0.717, 1.165) is 10.9 Å². The summed E-state index contributed by atoms with van der Waals surface area (Å²) in [5, 5.41) is 0.381. The van der Waals surface area contributed by atoms with Crippen LogP contribution in [-0.2, 0) is 18.2 Å². The number of Topliss-reactive ketones (excluding diaryl/α,β-unsaturated/α-hetero) is 1. The topological polar surface area (TPSA) is 60.4 Å². The first-order valence-corrected chi connectivity index (χ1v) is 12.0. The fraction of sp³-hybridized carbons (Fsp3) is 0.524. The summed E-state index contributed by atoms with van der Waals surface area (Å²) < 4.78 is 19.2. The molecule has 1 spiro atoms. The monoisotopic (exact) mass is 420 g/mol. The summed E-state index contributed by atoms with van der Waals surface area (Å²) in [6.07, 6.45) is 5.59. The first-order valence-electron chi connectivity index (χ1n) is 9.23. The normalized spacial score (nSPS) is 39.8. The minimum absolute atomic E-state index is 0.0196. The zero-order chi connectivity index (χ0) is 18.5. The third kappa shape index (κ3) is 2.33. The molecule has 1 heterocycles. The fourth-order valence-electron chi connectivity index (χ4n) is 5.10. The van der Waals surface area contributed by atoms with Gasteiger partial charge in [0.05, 0.1) is 0 Å². The summed E-state index contributed by atoms with van der Waals surface area (Å²) in [5.41, 5.74) is -1.62. The van der Waals surface area contributed by atoms with Crippen LogP contribution in [0.3, 0.4) is 0 Å². The SMILES string of the molecule is C[C@@H]1C=CC[C@@H]2C[C@]3(C(=O)OCC3C[Se](=O)c3ccccc3)C(=O)[C@@]21C. The van der Waals surface area contributed by atoms with Gasteiger partial charge < -0.3 is 0 Å². The standard InChI is InChI=1S/C21H24O4Se/c1-14-7-6-8-15-11-21(18(22)20(14,15)2)16(12-25-19(21)23)13-26(24)17-9-4-3-5-10-17/h3-7,9-10,14-16H,8,11-13H2,1-2H3/t14-,15-,16?,20-,21-,26?/m1/s1. The number of carbonyl (C=O) groups is 2. The molecular formula is C21H24O4Se. The van der Waals surface area contributed by atoms with Crippen molar-refractivity contribution in [3.8, 4) is 0 Å². The molecule has 3 aliphatic rings. The summed E-state index contributed by atoms with van der Waals surface area (Å²) >= 11 is -2.33. The summed E-state index contributed by atoms with van der Waals surface area (Å²) in [6.45, 7) is 4.28. The molecule has 0 bridgehead atoms. The Morgan fingerprint density at radius 1 is 1.23 bits per heavy atom. The van der Waals surface area contributed by atoms with E-state index in [-0.39, 0.29) is 36.1 Å². The number of rotatable bonds is 3. The van der Waals surface area contributed by atoms with Gasteiger partial charge in [0, 0.05) is 0 Å². The third-order valence-corrected chi connectivity index (χ3v) is 10.1. The van der Waals surface area contributed by atoms with Gasteiger partial charge in [-0.25, -0.2) is 0 Å².